The number of allylic oxidation sites excluding steroid dienone is 2. The summed E-state index contributed by atoms with van der Waals surface area (Å²) in [7, 11) is 1.48. The zero-order valence-electron chi connectivity index (χ0n) is 36.7. The van der Waals surface area contributed by atoms with Gasteiger partial charge in [0.25, 0.3) is 0 Å². The number of ether oxygens (including phenoxy) is 4. The number of aryl methyl sites for hydroxylation is 1. The molecule has 2 N–H and O–H groups in total. The van der Waals surface area contributed by atoms with Gasteiger partial charge in [-0.25, -0.2) is 24.1 Å². The second kappa shape index (κ2) is 19.7. The van der Waals surface area contributed by atoms with E-state index >= 15 is 0 Å². The Morgan fingerprint density at radius 1 is 0.860 bits per heavy atom. The Morgan fingerprint density at radius 3 is 1.91 bits per heavy atom. The maximum Gasteiger partial charge on any atom is 0.437 e. The lowest BCUT2D eigenvalue weighted by Gasteiger charge is -2.33. The summed E-state index contributed by atoms with van der Waals surface area (Å²) in [5.41, 5.74) is 4.66. The third kappa shape index (κ3) is 18.0. The number of amides is 4. The topological polar surface area (TPSA) is 164 Å². The van der Waals surface area contributed by atoms with E-state index in [0.717, 1.165) is 22.3 Å². The average molecular weight is 796 g/mol. The molecule has 2 rings (SSSR count). The number of rotatable bonds is 7. The monoisotopic (exact) mass is 795 g/mol. The van der Waals surface area contributed by atoms with E-state index in [4.69, 9.17) is 18.9 Å². The number of hydrogen-bond donors (Lipinski definition) is 2. The minimum absolute atomic E-state index is 0.0301. The van der Waals surface area contributed by atoms with Crippen molar-refractivity contribution in [2.45, 2.75) is 132 Å². The smallest absolute Gasteiger partial charge is 0.437 e. The summed E-state index contributed by atoms with van der Waals surface area (Å²) in [6.45, 7) is 29.9. The first-order valence-corrected chi connectivity index (χ1v) is 19.1. The summed E-state index contributed by atoms with van der Waals surface area (Å²) in [4.78, 5) is 63.1. The van der Waals surface area contributed by atoms with Crippen molar-refractivity contribution in [1.29, 1.82) is 0 Å². The third-order valence-electron chi connectivity index (χ3n) is 7.40. The molecule has 0 fully saturated rings. The maximum atomic E-state index is 13.3. The third-order valence-corrected chi connectivity index (χ3v) is 7.40. The molecule has 15 heteroatoms. The van der Waals surface area contributed by atoms with Crippen LogP contribution < -0.4 is 10.7 Å². The summed E-state index contributed by atoms with van der Waals surface area (Å²) in [6.07, 6.45) is 3.66. The zero-order valence-corrected chi connectivity index (χ0v) is 36.7. The highest BCUT2D eigenvalue weighted by Crippen LogP contribution is 2.28. The molecule has 15 nitrogen and oxygen atoms in total. The van der Waals surface area contributed by atoms with Gasteiger partial charge in [-0.15, -0.1) is 9.98 Å². The van der Waals surface area contributed by atoms with Crippen molar-refractivity contribution < 1.29 is 38.1 Å². The highest BCUT2D eigenvalue weighted by Gasteiger charge is 2.30. The maximum absolute atomic E-state index is 13.3. The van der Waals surface area contributed by atoms with Crippen LogP contribution in [-0.4, -0.2) is 100 Å². The molecule has 4 amide bonds. The van der Waals surface area contributed by atoms with Crippen LogP contribution in [0.15, 0.2) is 58.6 Å². The number of carbonyl (C=O) groups is 4. The van der Waals surface area contributed by atoms with Crippen LogP contribution in [0.5, 0.6) is 0 Å². The van der Waals surface area contributed by atoms with Crippen LogP contribution in [0.4, 0.5) is 24.9 Å². The fourth-order valence-electron chi connectivity index (χ4n) is 5.17. The van der Waals surface area contributed by atoms with Gasteiger partial charge in [-0.1, -0.05) is 36.4 Å². The summed E-state index contributed by atoms with van der Waals surface area (Å²) < 4.78 is 22.0. The fraction of sp³-hybridized carbons (Fsp3) is 0.571. The Balaban J connectivity index is 2.49. The van der Waals surface area contributed by atoms with Gasteiger partial charge in [0.15, 0.2) is 0 Å². The molecular formula is C42H65N7O8. The second-order valence-corrected chi connectivity index (χ2v) is 17.6. The molecule has 0 saturated carbocycles. The number of aliphatic imine (C=N–C) groups is 2. The van der Waals surface area contributed by atoms with E-state index in [9.17, 15) is 19.2 Å². The van der Waals surface area contributed by atoms with E-state index < -0.39 is 46.8 Å². The van der Waals surface area contributed by atoms with Crippen molar-refractivity contribution in [1.82, 2.24) is 20.1 Å². The SMILES string of the molecule is C=C(/C=C/C)CCN(Nc1ccc(C2=CCN(C(=NC(=O)OC(C)(C)C)NC(=O)OC(C)(C)C)CC2)c(C)c1)C(=NC(=O)OC(C)(C)C)N(C)C(=O)OC(C)(C)C. The largest absolute Gasteiger partial charge is 0.444 e. The van der Waals surface area contributed by atoms with Gasteiger partial charge in [-0.3, -0.25) is 15.8 Å². The first-order valence-electron chi connectivity index (χ1n) is 19.1. The quantitative estimate of drug-likeness (QED) is 0.0889. The molecule has 1 aromatic rings. The van der Waals surface area contributed by atoms with Crippen LogP contribution in [0.1, 0.15) is 114 Å². The van der Waals surface area contributed by atoms with Crippen molar-refractivity contribution in [3.8, 4) is 0 Å². The molecule has 0 saturated heterocycles. The fourth-order valence-corrected chi connectivity index (χ4v) is 5.17. The standard InChI is InChI=1S/C42H65N7O8/c1-17-18-28(2)21-26-49(34(45-37(52)56-41(10,11)12)47(16)38(53)57-42(13,14)15)46-31-19-20-32(29(3)27-31)30-22-24-48(25-23-30)33(43-35(50)54-39(4,5)6)44-36(51)55-40(7,8)9/h17-20,22,27,46H,2,21,23-26H2,1,3-16H3,(H,43,44,50,51)/b18-17+,45-34?. The van der Waals surface area contributed by atoms with Crippen molar-refractivity contribution in [3.05, 3.63) is 59.7 Å². The van der Waals surface area contributed by atoms with Crippen molar-refractivity contribution in [3.63, 3.8) is 0 Å². The highest BCUT2D eigenvalue weighted by atomic mass is 16.6. The summed E-state index contributed by atoms with van der Waals surface area (Å²) >= 11 is 0. The summed E-state index contributed by atoms with van der Waals surface area (Å²) in [5, 5.41) is 4.22. The molecule has 0 atom stereocenters. The molecule has 1 heterocycles. The van der Waals surface area contributed by atoms with E-state index in [0.29, 0.717) is 31.6 Å². The van der Waals surface area contributed by atoms with Gasteiger partial charge in [0.2, 0.25) is 11.9 Å². The molecule has 1 aliphatic heterocycles. The number of hydrogen-bond acceptors (Lipinski definition) is 9. The van der Waals surface area contributed by atoms with Gasteiger partial charge >= 0.3 is 24.4 Å². The van der Waals surface area contributed by atoms with Crippen LogP contribution >= 0.6 is 0 Å². The average Bonchev–Trinajstić information content (AvgIpc) is 3.02. The second-order valence-electron chi connectivity index (χ2n) is 17.6. The van der Waals surface area contributed by atoms with Crippen LogP contribution in [0, 0.1) is 6.92 Å². The number of alkyl carbamates (subject to hydrolysis) is 1. The number of benzene rings is 1. The van der Waals surface area contributed by atoms with Gasteiger partial charge in [-0.05, 0) is 139 Å². The van der Waals surface area contributed by atoms with Gasteiger partial charge in [0.05, 0.1) is 5.69 Å². The van der Waals surface area contributed by atoms with E-state index in [2.05, 4.69) is 27.3 Å². The number of anilines is 1. The van der Waals surface area contributed by atoms with E-state index in [1.165, 1.54) is 11.9 Å². The van der Waals surface area contributed by atoms with Crippen molar-refractivity contribution >= 4 is 47.6 Å². The van der Waals surface area contributed by atoms with E-state index in [1.807, 2.05) is 50.3 Å². The molecule has 1 aliphatic rings. The molecule has 316 valence electrons. The highest BCUT2D eigenvalue weighted by molar-refractivity contribution is 6.00. The van der Waals surface area contributed by atoms with Gasteiger partial charge in [0.1, 0.15) is 22.4 Å². The molecular weight excluding hydrogens is 731 g/mol. The minimum atomic E-state index is -0.877. The molecule has 57 heavy (non-hydrogen) atoms. The van der Waals surface area contributed by atoms with Gasteiger partial charge < -0.3 is 23.8 Å². The van der Waals surface area contributed by atoms with E-state index in [-0.39, 0.29) is 18.5 Å². The normalized spacial score (nSPS) is 14.4. The Bertz CT molecular complexity index is 1750. The van der Waals surface area contributed by atoms with Crippen LogP contribution in [0.25, 0.3) is 5.57 Å². The summed E-state index contributed by atoms with van der Waals surface area (Å²) in [6, 6.07) is 5.82. The molecule has 0 bridgehead atoms. The molecule has 0 unspecified atom stereocenters. The number of hydrazine groups is 1. The first-order chi connectivity index (χ1) is 26.1. The minimum Gasteiger partial charge on any atom is -0.444 e. The van der Waals surface area contributed by atoms with Crippen molar-refractivity contribution in [2.75, 3.05) is 32.1 Å². The molecule has 0 radical (unpaired) electrons. The van der Waals surface area contributed by atoms with Gasteiger partial charge in [-0.2, -0.15) is 0 Å². The Kier molecular flexibility index (Phi) is 16.5. The van der Waals surface area contributed by atoms with Crippen LogP contribution in [-0.2, 0) is 18.9 Å². The molecule has 0 aliphatic carbocycles. The zero-order chi connectivity index (χ0) is 43.5. The Labute approximate surface area is 339 Å². The van der Waals surface area contributed by atoms with Gasteiger partial charge in [0, 0.05) is 26.7 Å². The first kappa shape index (κ1) is 47.8. The molecule has 0 aromatic heterocycles. The van der Waals surface area contributed by atoms with Crippen LogP contribution in [0.2, 0.25) is 0 Å². The van der Waals surface area contributed by atoms with Crippen LogP contribution in [0.3, 0.4) is 0 Å². The van der Waals surface area contributed by atoms with E-state index in [1.54, 1.807) is 93.0 Å². The predicted molar refractivity (Wildman–Crippen MR) is 225 cm³/mol. The Hall–Kier alpha value is -5.34. The molecule has 0 spiro atoms. The number of nitrogens with one attached hydrogen (secondary N) is 2. The lowest BCUT2D eigenvalue weighted by molar-refractivity contribution is 0.0382. The predicted octanol–water partition coefficient (Wildman–Crippen LogP) is 9.21. The number of guanidine groups is 2. The Morgan fingerprint density at radius 2 is 1.42 bits per heavy atom. The number of nitrogens with zero attached hydrogens (tertiary/aromatic N) is 5. The lowest BCUT2D eigenvalue weighted by atomic mass is 9.95. The lowest BCUT2D eigenvalue weighted by Crippen LogP contribution is -2.50. The molecule has 1 aromatic carbocycles. The van der Waals surface area contributed by atoms with Crippen molar-refractivity contribution in [2.24, 2.45) is 9.98 Å². The summed E-state index contributed by atoms with van der Waals surface area (Å²) in [5.74, 6) is -0.00472. The number of carbonyl (C=O) groups excluding carboxylic acids is 4.